The van der Waals surface area contributed by atoms with Crippen LogP contribution in [0.1, 0.15) is 54.3 Å². The Hall–Kier alpha value is -3.55. The van der Waals surface area contributed by atoms with Crippen molar-refractivity contribution in [2.75, 3.05) is 11.9 Å². The van der Waals surface area contributed by atoms with Crippen molar-refractivity contribution in [2.45, 2.75) is 64.8 Å². The third-order valence-electron chi connectivity index (χ3n) is 6.39. The number of ether oxygens (including phenoxy) is 1. The molecule has 2 aromatic carbocycles. The first-order valence-electron chi connectivity index (χ1n) is 12.9. The number of anilines is 2. The number of benzene rings is 2. The number of hydrogen-bond acceptors (Lipinski definition) is 6. The number of carboxylic acid groups (broad SMARTS) is 1. The van der Waals surface area contributed by atoms with Crippen molar-refractivity contribution in [1.29, 1.82) is 0 Å². The number of aromatic nitrogens is 2. The standard InChI is InChI=1S/C29H31F3N4O4.Li.H/c1-28(2,3)40-27(39)36-13-12-20-14-22(10-8-21(20)17-36)34-26-33-16-23(29(30,31)32)24(35-26)11-9-18-6-4-5-7-19(18)15-25(37)38;;/h4-8,10,14,16H,9,11-13,15,17H2,1-3H3,(H,37,38)(H,33,34,35);;. The number of fused-ring (bicyclic) bond motifs is 1. The van der Waals surface area contributed by atoms with Crippen LogP contribution < -0.4 is 5.32 Å². The van der Waals surface area contributed by atoms with Gasteiger partial charge in [-0.15, -0.1) is 0 Å². The average molecular weight is 565 g/mol. The Morgan fingerprint density at radius 1 is 1.05 bits per heavy atom. The van der Waals surface area contributed by atoms with E-state index in [1.165, 1.54) is 0 Å². The summed E-state index contributed by atoms with van der Waals surface area (Å²) in [4.78, 5) is 33.4. The number of carbonyl (C=O) groups is 2. The molecule has 0 unspecified atom stereocenters. The minimum atomic E-state index is -4.64. The molecule has 0 fully saturated rings. The van der Waals surface area contributed by atoms with Crippen molar-refractivity contribution in [3.63, 3.8) is 0 Å². The molecular weight excluding hydrogens is 532 g/mol. The fourth-order valence-corrected chi connectivity index (χ4v) is 4.54. The van der Waals surface area contributed by atoms with Gasteiger partial charge < -0.3 is 20.1 Å². The number of nitrogens with one attached hydrogen (secondary N) is 1. The van der Waals surface area contributed by atoms with E-state index in [0.29, 0.717) is 36.3 Å². The number of aliphatic carboxylic acids is 1. The zero-order chi connectivity index (χ0) is 29.1. The summed E-state index contributed by atoms with van der Waals surface area (Å²) in [5.74, 6) is -0.993. The molecule has 2 N–H and O–H groups in total. The van der Waals surface area contributed by atoms with Gasteiger partial charge in [0.05, 0.1) is 17.7 Å². The first-order chi connectivity index (χ1) is 18.8. The van der Waals surface area contributed by atoms with Gasteiger partial charge in [-0.05, 0) is 74.4 Å². The number of carbonyl (C=O) groups excluding carboxylic acids is 1. The summed E-state index contributed by atoms with van der Waals surface area (Å²) < 4.78 is 46.7. The number of rotatable bonds is 7. The molecule has 0 atom stereocenters. The Morgan fingerprint density at radius 3 is 2.41 bits per heavy atom. The van der Waals surface area contributed by atoms with Crippen molar-refractivity contribution in [1.82, 2.24) is 14.9 Å². The second-order valence-corrected chi connectivity index (χ2v) is 10.7. The van der Waals surface area contributed by atoms with Crippen molar-refractivity contribution in [3.05, 3.63) is 82.2 Å². The predicted molar refractivity (Wildman–Crippen MR) is 149 cm³/mol. The van der Waals surface area contributed by atoms with Gasteiger partial charge in [-0.3, -0.25) is 4.79 Å². The van der Waals surface area contributed by atoms with Crippen molar-refractivity contribution in [2.24, 2.45) is 0 Å². The summed E-state index contributed by atoms with van der Waals surface area (Å²) in [5, 5.41) is 12.2. The summed E-state index contributed by atoms with van der Waals surface area (Å²) in [5.41, 5.74) is 2.08. The molecule has 2 heterocycles. The molecule has 0 saturated carbocycles. The predicted octanol–water partition coefficient (Wildman–Crippen LogP) is 5.30. The van der Waals surface area contributed by atoms with Gasteiger partial charge in [-0.1, -0.05) is 30.3 Å². The minimum absolute atomic E-state index is 0. The second-order valence-electron chi connectivity index (χ2n) is 10.7. The van der Waals surface area contributed by atoms with Crippen molar-refractivity contribution in [3.8, 4) is 0 Å². The van der Waals surface area contributed by atoms with Gasteiger partial charge in [-0.2, -0.15) is 13.2 Å². The summed E-state index contributed by atoms with van der Waals surface area (Å²) in [6.45, 7) is 6.32. The van der Waals surface area contributed by atoms with E-state index >= 15 is 0 Å². The van der Waals surface area contributed by atoms with Gasteiger partial charge in [0.1, 0.15) is 5.60 Å². The van der Waals surface area contributed by atoms with Gasteiger partial charge in [-0.25, -0.2) is 14.8 Å². The molecule has 4 rings (SSSR count). The van der Waals surface area contributed by atoms with E-state index in [1.807, 2.05) is 32.9 Å². The molecule has 12 heteroatoms. The molecule has 214 valence electrons. The molecule has 1 aliphatic heterocycles. The van der Waals surface area contributed by atoms with Gasteiger partial charge in [0, 0.05) is 25.0 Å². The summed E-state index contributed by atoms with van der Waals surface area (Å²) in [6, 6.07) is 12.3. The molecule has 3 aromatic rings. The molecular formula is C29H32F3LiN4O4. The van der Waals surface area contributed by atoms with E-state index in [9.17, 15) is 22.8 Å². The molecule has 0 saturated heterocycles. The third-order valence-corrected chi connectivity index (χ3v) is 6.39. The summed E-state index contributed by atoms with van der Waals surface area (Å²) in [6.07, 6.45) is -3.73. The number of alkyl halides is 3. The van der Waals surface area contributed by atoms with Gasteiger partial charge in [0.2, 0.25) is 5.95 Å². The number of carboxylic acids is 1. The van der Waals surface area contributed by atoms with Crippen LogP contribution in [-0.2, 0) is 47.9 Å². The van der Waals surface area contributed by atoms with Crippen LogP contribution in [0.2, 0.25) is 0 Å². The third kappa shape index (κ3) is 8.71. The number of halogens is 3. The molecule has 0 bridgehead atoms. The van der Waals surface area contributed by atoms with Gasteiger partial charge in [0.25, 0.3) is 0 Å². The molecule has 1 amide bonds. The molecule has 0 aliphatic carbocycles. The van der Waals surface area contributed by atoms with Crippen LogP contribution in [0.5, 0.6) is 0 Å². The topological polar surface area (TPSA) is 105 Å². The van der Waals surface area contributed by atoms with Gasteiger partial charge >= 0.3 is 37.1 Å². The Labute approximate surface area is 248 Å². The normalized spacial score (nSPS) is 13.2. The van der Waals surface area contributed by atoms with Crippen LogP contribution >= 0.6 is 0 Å². The molecule has 0 spiro atoms. The van der Waals surface area contributed by atoms with Crippen LogP contribution in [0, 0.1) is 0 Å². The zero-order valence-electron chi connectivity index (χ0n) is 22.5. The molecule has 1 aromatic heterocycles. The molecule has 41 heavy (non-hydrogen) atoms. The Bertz CT molecular complexity index is 1410. The van der Waals surface area contributed by atoms with E-state index in [2.05, 4.69) is 15.3 Å². The SMILES string of the molecule is CC(C)(C)OC(=O)N1CCc2cc(Nc3ncc(C(F)(F)F)c(CCc4ccccc4CC(=O)O)n3)ccc2C1.[LiH]. The number of amides is 1. The summed E-state index contributed by atoms with van der Waals surface area (Å²) >= 11 is 0. The number of nitrogens with zero attached hydrogens (tertiary/aromatic N) is 3. The van der Waals surface area contributed by atoms with Crippen LogP contribution in [0.25, 0.3) is 0 Å². The van der Waals surface area contributed by atoms with Gasteiger partial charge in [0.15, 0.2) is 0 Å². The van der Waals surface area contributed by atoms with E-state index in [0.717, 1.165) is 17.3 Å². The zero-order valence-corrected chi connectivity index (χ0v) is 22.5. The number of hydrogen-bond donors (Lipinski definition) is 2. The van der Waals surface area contributed by atoms with Crippen molar-refractivity contribution < 1.29 is 32.6 Å². The molecule has 1 aliphatic rings. The Balaban J connectivity index is 0.00000462. The fraction of sp³-hybridized carbons (Fsp3) is 0.379. The first kappa shape index (κ1) is 32.0. The van der Waals surface area contributed by atoms with Crippen LogP contribution in [0.4, 0.5) is 29.6 Å². The Morgan fingerprint density at radius 2 is 1.76 bits per heavy atom. The second kappa shape index (κ2) is 13.0. The quantitative estimate of drug-likeness (QED) is 0.376. The van der Waals surface area contributed by atoms with E-state index in [4.69, 9.17) is 9.84 Å². The van der Waals surface area contributed by atoms with Crippen LogP contribution in [0.3, 0.4) is 0 Å². The molecule has 8 nitrogen and oxygen atoms in total. The van der Waals surface area contributed by atoms with Crippen LogP contribution in [0.15, 0.2) is 48.7 Å². The van der Waals surface area contributed by atoms with E-state index in [-0.39, 0.29) is 55.9 Å². The van der Waals surface area contributed by atoms with Crippen LogP contribution in [-0.4, -0.2) is 63.0 Å². The number of aryl methyl sites for hydroxylation is 2. The monoisotopic (exact) mass is 564 g/mol. The maximum atomic E-state index is 13.7. The van der Waals surface area contributed by atoms with E-state index < -0.39 is 23.3 Å². The maximum absolute atomic E-state index is 13.7. The molecule has 0 radical (unpaired) electrons. The van der Waals surface area contributed by atoms with E-state index in [1.54, 1.807) is 35.2 Å². The average Bonchev–Trinajstić information content (AvgIpc) is 2.86. The fourth-order valence-electron chi connectivity index (χ4n) is 4.54. The van der Waals surface area contributed by atoms with Crippen molar-refractivity contribution >= 4 is 42.6 Å². The summed E-state index contributed by atoms with van der Waals surface area (Å²) in [7, 11) is 0. The first-order valence-corrected chi connectivity index (χ1v) is 12.9. The Kier molecular flexibility index (Phi) is 10.1.